The van der Waals surface area contributed by atoms with Gasteiger partial charge in [-0.15, -0.1) is 12.4 Å². The van der Waals surface area contributed by atoms with Crippen LogP contribution in [0.4, 0.5) is 17.6 Å². The van der Waals surface area contributed by atoms with Gasteiger partial charge in [0.15, 0.2) is 0 Å². The van der Waals surface area contributed by atoms with Crippen molar-refractivity contribution in [3.05, 3.63) is 29.1 Å². The van der Waals surface area contributed by atoms with Crippen molar-refractivity contribution in [2.24, 2.45) is 0 Å². The van der Waals surface area contributed by atoms with Gasteiger partial charge in [-0.25, -0.2) is 4.39 Å². The molecule has 1 fully saturated rings. The number of nitrogens with one attached hydrogen (secondary N) is 1. The van der Waals surface area contributed by atoms with E-state index in [4.69, 9.17) is 4.74 Å². The Morgan fingerprint density at radius 2 is 2.00 bits per heavy atom. The van der Waals surface area contributed by atoms with Crippen molar-refractivity contribution >= 4 is 12.4 Å². The molecular weight excluding hydrogens is 298 g/mol. The number of piperidine rings is 1. The van der Waals surface area contributed by atoms with Crippen LogP contribution in [0.2, 0.25) is 0 Å². The minimum atomic E-state index is -4.71. The molecule has 0 spiro atoms. The number of hydrogen-bond donors (Lipinski definition) is 1. The molecule has 1 aromatic rings. The van der Waals surface area contributed by atoms with E-state index in [0.29, 0.717) is 12.1 Å². The maximum atomic E-state index is 13.6. The fourth-order valence-electron chi connectivity index (χ4n) is 2.40. The summed E-state index contributed by atoms with van der Waals surface area (Å²) in [5, 5.41) is 3.15. The molecule has 0 radical (unpaired) electrons. The topological polar surface area (TPSA) is 21.3 Å². The maximum absolute atomic E-state index is 13.6. The van der Waals surface area contributed by atoms with Crippen LogP contribution in [0.1, 0.15) is 29.9 Å². The summed E-state index contributed by atoms with van der Waals surface area (Å²) >= 11 is 0. The summed E-state index contributed by atoms with van der Waals surface area (Å²) in [6, 6.07) is 1.71. The Labute approximate surface area is 120 Å². The molecule has 1 unspecified atom stereocenters. The molecule has 0 aromatic heterocycles. The highest BCUT2D eigenvalue weighted by atomic mass is 35.5. The van der Waals surface area contributed by atoms with Gasteiger partial charge in [0.25, 0.3) is 0 Å². The maximum Gasteiger partial charge on any atom is 0.419 e. The van der Waals surface area contributed by atoms with Crippen LogP contribution >= 0.6 is 12.4 Å². The van der Waals surface area contributed by atoms with Gasteiger partial charge in [-0.1, -0.05) is 0 Å². The van der Waals surface area contributed by atoms with E-state index >= 15 is 0 Å². The van der Waals surface area contributed by atoms with Crippen LogP contribution in [-0.2, 0) is 6.18 Å². The molecule has 7 heteroatoms. The Morgan fingerprint density at radius 3 is 2.50 bits per heavy atom. The van der Waals surface area contributed by atoms with Crippen molar-refractivity contribution in [3.8, 4) is 5.75 Å². The second kappa shape index (κ2) is 6.63. The zero-order valence-electron chi connectivity index (χ0n) is 10.9. The molecule has 1 N–H and O–H groups in total. The molecular formula is C13H16ClF4NO. The predicted molar refractivity (Wildman–Crippen MR) is 70.0 cm³/mol. The lowest BCUT2D eigenvalue weighted by atomic mass is 9.90. The Balaban J connectivity index is 0.00000200. The quantitative estimate of drug-likeness (QED) is 0.840. The molecule has 0 saturated carbocycles. The fourth-order valence-corrected chi connectivity index (χ4v) is 2.40. The molecule has 0 aliphatic carbocycles. The molecule has 2 rings (SSSR count). The van der Waals surface area contributed by atoms with E-state index in [1.807, 2.05) is 0 Å². The Kier molecular flexibility index (Phi) is 5.65. The molecule has 1 aliphatic rings. The van der Waals surface area contributed by atoms with Crippen molar-refractivity contribution in [3.63, 3.8) is 0 Å². The zero-order valence-corrected chi connectivity index (χ0v) is 11.7. The third kappa shape index (κ3) is 3.55. The van der Waals surface area contributed by atoms with E-state index in [1.54, 1.807) is 0 Å². The van der Waals surface area contributed by atoms with Gasteiger partial charge in [-0.2, -0.15) is 13.2 Å². The standard InChI is InChI=1S/C13H15F4NO.ClH/c1-19-12-6-10(13(15,16)17)11(14)5-9(12)8-3-2-4-18-7-8;/h5-6,8,18H,2-4,7H2,1H3;1H. The fraction of sp³-hybridized carbons (Fsp3) is 0.538. The van der Waals surface area contributed by atoms with Gasteiger partial charge >= 0.3 is 6.18 Å². The number of hydrogen-bond acceptors (Lipinski definition) is 2. The average Bonchev–Trinajstić information content (AvgIpc) is 2.38. The van der Waals surface area contributed by atoms with Gasteiger partial charge in [-0.3, -0.25) is 0 Å². The Bertz CT molecular complexity index is 458. The second-order valence-electron chi connectivity index (χ2n) is 4.62. The third-order valence-electron chi connectivity index (χ3n) is 3.36. The molecule has 1 atom stereocenters. The van der Waals surface area contributed by atoms with Crippen LogP contribution in [0.25, 0.3) is 0 Å². The first kappa shape index (κ1) is 17.0. The first-order valence-corrected chi connectivity index (χ1v) is 6.09. The second-order valence-corrected chi connectivity index (χ2v) is 4.62. The molecule has 1 heterocycles. The lowest BCUT2D eigenvalue weighted by Crippen LogP contribution is -2.28. The third-order valence-corrected chi connectivity index (χ3v) is 3.36. The number of methoxy groups -OCH3 is 1. The normalized spacial score (nSPS) is 19.4. The minimum absolute atomic E-state index is 0. The summed E-state index contributed by atoms with van der Waals surface area (Å²) in [6.07, 6.45) is -2.98. The number of alkyl halides is 3. The largest absolute Gasteiger partial charge is 0.496 e. The van der Waals surface area contributed by atoms with Crippen LogP contribution in [0, 0.1) is 5.82 Å². The van der Waals surface area contributed by atoms with E-state index in [-0.39, 0.29) is 24.1 Å². The lowest BCUT2D eigenvalue weighted by molar-refractivity contribution is -0.140. The average molecular weight is 314 g/mol. The van der Waals surface area contributed by atoms with Crippen LogP contribution in [0.15, 0.2) is 12.1 Å². The van der Waals surface area contributed by atoms with Crippen LogP contribution < -0.4 is 10.1 Å². The minimum Gasteiger partial charge on any atom is -0.496 e. The Morgan fingerprint density at radius 1 is 1.30 bits per heavy atom. The van der Waals surface area contributed by atoms with E-state index in [9.17, 15) is 17.6 Å². The highest BCUT2D eigenvalue weighted by Gasteiger charge is 2.36. The van der Waals surface area contributed by atoms with Crippen molar-refractivity contribution in [1.29, 1.82) is 0 Å². The first-order chi connectivity index (χ1) is 8.93. The summed E-state index contributed by atoms with van der Waals surface area (Å²) in [4.78, 5) is 0. The van der Waals surface area contributed by atoms with Crippen molar-refractivity contribution in [1.82, 2.24) is 5.32 Å². The summed E-state index contributed by atoms with van der Waals surface area (Å²) < 4.78 is 56.5. The van der Waals surface area contributed by atoms with Gasteiger partial charge in [0.1, 0.15) is 11.6 Å². The number of rotatable bonds is 2. The first-order valence-electron chi connectivity index (χ1n) is 6.09. The summed E-state index contributed by atoms with van der Waals surface area (Å²) in [5.74, 6) is -1.16. The summed E-state index contributed by atoms with van der Waals surface area (Å²) in [6.45, 7) is 1.50. The van der Waals surface area contributed by atoms with Crippen molar-refractivity contribution in [2.45, 2.75) is 24.9 Å². The SMILES string of the molecule is COc1cc(C(F)(F)F)c(F)cc1C1CCCNC1.Cl. The van der Waals surface area contributed by atoms with Gasteiger partial charge in [0.2, 0.25) is 0 Å². The lowest BCUT2D eigenvalue weighted by Gasteiger charge is -2.25. The van der Waals surface area contributed by atoms with Gasteiger partial charge in [0, 0.05) is 18.0 Å². The molecule has 114 valence electrons. The monoisotopic (exact) mass is 313 g/mol. The van der Waals surface area contributed by atoms with E-state index < -0.39 is 17.6 Å². The van der Waals surface area contributed by atoms with E-state index in [0.717, 1.165) is 31.5 Å². The molecule has 0 bridgehead atoms. The van der Waals surface area contributed by atoms with E-state index in [1.165, 1.54) is 7.11 Å². The zero-order chi connectivity index (χ0) is 14.0. The predicted octanol–water partition coefficient (Wildman–Crippen LogP) is 3.74. The van der Waals surface area contributed by atoms with Crippen LogP contribution in [0.5, 0.6) is 5.75 Å². The number of benzene rings is 1. The van der Waals surface area contributed by atoms with Gasteiger partial charge < -0.3 is 10.1 Å². The Hall–Kier alpha value is -1.01. The number of ether oxygens (including phenoxy) is 1. The number of halogens is 5. The van der Waals surface area contributed by atoms with Crippen LogP contribution in [-0.4, -0.2) is 20.2 Å². The van der Waals surface area contributed by atoms with Crippen molar-refractivity contribution in [2.75, 3.05) is 20.2 Å². The summed E-state index contributed by atoms with van der Waals surface area (Å²) in [7, 11) is 1.30. The molecule has 1 aliphatic heterocycles. The molecule has 2 nitrogen and oxygen atoms in total. The molecule has 1 aromatic carbocycles. The smallest absolute Gasteiger partial charge is 0.419 e. The highest BCUT2D eigenvalue weighted by Crippen LogP contribution is 2.38. The highest BCUT2D eigenvalue weighted by molar-refractivity contribution is 5.85. The molecule has 20 heavy (non-hydrogen) atoms. The van der Waals surface area contributed by atoms with Crippen LogP contribution in [0.3, 0.4) is 0 Å². The summed E-state index contributed by atoms with van der Waals surface area (Å²) in [5.41, 5.74) is -0.780. The van der Waals surface area contributed by atoms with E-state index in [2.05, 4.69) is 5.32 Å². The van der Waals surface area contributed by atoms with Gasteiger partial charge in [-0.05, 0) is 31.5 Å². The van der Waals surface area contributed by atoms with Gasteiger partial charge in [0.05, 0.1) is 12.7 Å². The van der Waals surface area contributed by atoms with Crippen molar-refractivity contribution < 1.29 is 22.3 Å². The molecule has 1 saturated heterocycles. The molecule has 0 amide bonds.